The quantitative estimate of drug-likeness (QED) is 0.858. The van der Waals surface area contributed by atoms with Crippen LogP contribution in [-0.4, -0.2) is 29.1 Å². The number of nitriles is 1. The van der Waals surface area contributed by atoms with Gasteiger partial charge in [0.25, 0.3) is 0 Å². The Morgan fingerprint density at radius 3 is 2.88 bits per heavy atom. The van der Waals surface area contributed by atoms with E-state index in [1.54, 1.807) is 11.3 Å². The van der Waals surface area contributed by atoms with E-state index in [0.717, 1.165) is 36.4 Å². The molecule has 0 saturated carbocycles. The molecular weight excluding hydrogens is 316 g/mol. The number of thiophene rings is 1. The summed E-state index contributed by atoms with van der Waals surface area (Å²) in [5, 5.41) is 21.2. The van der Waals surface area contributed by atoms with E-state index in [2.05, 4.69) is 23.1 Å². The van der Waals surface area contributed by atoms with Gasteiger partial charge in [0, 0.05) is 17.5 Å². The molecule has 2 aromatic rings. The average molecular weight is 338 g/mol. The van der Waals surface area contributed by atoms with E-state index in [-0.39, 0.29) is 6.10 Å². The Morgan fingerprint density at radius 2 is 2.17 bits per heavy atom. The molecule has 0 bridgehead atoms. The summed E-state index contributed by atoms with van der Waals surface area (Å²) in [6.45, 7) is 2.00. The lowest BCUT2D eigenvalue weighted by atomic mass is 10.1. The standard InChI is InChI=1S/C20H22N2OS/c21-15-17-9-7-16(8-10-17)4-1-11-22-12-2-5-18(22)14-19(23)20-6-3-13-24-20/h1,3-4,6-10,13,18-19,23H,2,5,11-12,14H2/b4-1+. The highest BCUT2D eigenvalue weighted by Crippen LogP contribution is 2.29. The fourth-order valence-electron chi connectivity index (χ4n) is 3.25. The molecule has 0 amide bonds. The molecule has 1 N–H and O–H groups in total. The highest BCUT2D eigenvalue weighted by atomic mass is 32.1. The van der Waals surface area contributed by atoms with Crippen molar-refractivity contribution in [1.82, 2.24) is 4.90 Å². The van der Waals surface area contributed by atoms with Gasteiger partial charge in [-0.05, 0) is 54.9 Å². The average Bonchev–Trinajstić information content (AvgIpc) is 3.28. The maximum atomic E-state index is 10.4. The van der Waals surface area contributed by atoms with Crippen LogP contribution in [0.1, 0.15) is 41.4 Å². The third-order valence-corrected chi connectivity index (χ3v) is 5.53. The van der Waals surface area contributed by atoms with E-state index in [0.29, 0.717) is 11.6 Å². The smallest absolute Gasteiger partial charge is 0.0991 e. The van der Waals surface area contributed by atoms with Crippen molar-refractivity contribution >= 4 is 17.4 Å². The number of benzene rings is 1. The van der Waals surface area contributed by atoms with Crippen molar-refractivity contribution in [3.63, 3.8) is 0 Å². The molecule has 1 aliphatic rings. The summed E-state index contributed by atoms with van der Waals surface area (Å²) in [6, 6.07) is 14.2. The van der Waals surface area contributed by atoms with Gasteiger partial charge in [0.05, 0.1) is 17.7 Å². The lowest BCUT2D eigenvalue weighted by Crippen LogP contribution is -2.30. The van der Waals surface area contributed by atoms with Crippen LogP contribution in [0.4, 0.5) is 0 Å². The van der Waals surface area contributed by atoms with Crippen molar-refractivity contribution in [3.05, 3.63) is 63.9 Å². The van der Waals surface area contributed by atoms with Crippen LogP contribution < -0.4 is 0 Å². The van der Waals surface area contributed by atoms with Gasteiger partial charge in [-0.15, -0.1) is 11.3 Å². The van der Waals surface area contributed by atoms with Gasteiger partial charge in [-0.3, -0.25) is 4.90 Å². The number of aliphatic hydroxyl groups is 1. The summed E-state index contributed by atoms with van der Waals surface area (Å²) < 4.78 is 0. The molecule has 1 fully saturated rings. The first-order valence-electron chi connectivity index (χ1n) is 8.38. The topological polar surface area (TPSA) is 47.3 Å². The van der Waals surface area contributed by atoms with Crippen molar-refractivity contribution in [2.45, 2.75) is 31.4 Å². The van der Waals surface area contributed by atoms with Crippen LogP contribution in [-0.2, 0) is 0 Å². The zero-order valence-electron chi connectivity index (χ0n) is 13.6. The molecule has 1 aromatic carbocycles. The molecule has 1 aromatic heterocycles. The largest absolute Gasteiger partial charge is 0.388 e. The van der Waals surface area contributed by atoms with Crippen molar-refractivity contribution < 1.29 is 5.11 Å². The van der Waals surface area contributed by atoms with Gasteiger partial charge in [0.2, 0.25) is 0 Å². The van der Waals surface area contributed by atoms with Crippen LogP contribution >= 0.6 is 11.3 Å². The highest BCUT2D eigenvalue weighted by molar-refractivity contribution is 7.10. The predicted octanol–water partition coefficient (Wildman–Crippen LogP) is 4.22. The van der Waals surface area contributed by atoms with Gasteiger partial charge in [-0.1, -0.05) is 30.4 Å². The first kappa shape index (κ1) is 16.9. The molecule has 0 radical (unpaired) electrons. The first-order chi connectivity index (χ1) is 11.8. The molecule has 124 valence electrons. The summed E-state index contributed by atoms with van der Waals surface area (Å²) in [4.78, 5) is 3.52. The summed E-state index contributed by atoms with van der Waals surface area (Å²) in [5.74, 6) is 0. The number of hydrogen-bond donors (Lipinski definition) is 1. The number of hydrogen-bond acceptors (Lipinski definition) is 4. The van der Waals surface area contributed by atoms with Crippen LogP contribution in [0.3, 0.4) is 0 Å². The van der Waals surface area contributed by atoms with Gasteiger partial charge in [-0.2, -0.15) is 5.26 Å². The lowest BCUT2D eigenvalue weighted by molar-refractivity contribution is 0.128. The number of rotatable bonds is 6. The minimum absolute atomic E-state index is 0.349. The monoisotopic (exact) mass is 338 g/mol. The van der Waals surface area contributed by atoms with Crippen molar-refractivity contribution in [2.24, 2.45) is 0 Å². The van der Waals surface area contributed by atoms with Crippen molar-refractivity contribution in [3.8, 4) is 6.07 Å². The van der Waals surface area contributed by atoms with E-state index in [1.807, 2.05) is 41.8 Å². The van der Waals surface area contributed by atoms with Crippen LogP contribution in [0.5, 0.6) is 0 Å². The molecule has 2 heterocycles. The van der Waals surface area contributed by atoms with E-state index in [9.17, 15) is 5.11 Å². The maximum absolute atomic E-state index is 10.4. The number of nitrogens with zero attached hydrogens (tertiary/aromatic N) is 2. The molecule has 0 spiro atoms. The second kappa shape index (κ2) is 8.25. The molecule has 1 saturated heterocycles. The summed E-state index contributed by atoms with van der Waals surface area (Å²) in [7, 11) is 0. The normalized spacial score (nSPS) is 19.6. The van der Waals surface area contributed by atoms with E-state index < -0.39 is 0 Å². The third kappa shape index (κ3) is 4.33. The fourth-order valence-corrected chi connectivity index (χ4v) is 3.97. The highest BCUT2D eigenvalue weighted by Gasteiger charge is 2.26. The molecule has 2 atom stereocenters. The van der Waals surface area contributed by atoms with Crippen LogP contribution in [0.25, 0.3) is 6.08 Å². The van der Waals surface area contributed by atoms with E-state index in [1.165, 1.54) is 6.42 Å². The second-order valence-electron chi connectivity index (χ2n) is 6.19. The molecule has 0 aliphatic carbocycles. The van der Waals surface area contributed by atoms with Crippen LogP contribution in [0.15, 0.2) is 47.9 Å². The van der Waals surface area contributed by atoms with Gasteiger partial charge in [0.15, 0.2) is 0 Å². The van der Waals surface area contributed by atoms with Crippen molar-refractivity contribution in [1.29, 1.82) is 5.26 Å². The summed E-state index contributed by atoms with van der Waals surface area (Å²) >= 11 is 1.63. The molecular formula is C20H22N2OS. The molecule has 2 unspecified atom stereocenters. The third-order valence-electron chi connectivity index (χ3n) is 4.56. The minimum Gasteiger partial charge on any atom is -0.388 e. The Balaban J connectivity index is 1.53. The Kier molecular flexibility index (Phi) is 5.81. The SMILES string of the molecule is N#Cc1ccc(/C=C/CN2CCCC2CC(O)c2cccs2)cc1. The van der Waals surface area contributed by atoms with Crippen molar-refractivity contribution in [2.75, 3.05) is 13.1 Å². The minimum atomic E-state index is -0.349. The second-order valence-corrected chi connectivity index (χ2v) is 7.17. The predicted molar refractivity (Wildman–Crippen MR) is 98.7 cm³/mol. The lowest BCUT2D eigenvalue weighted by Gasteiger charge is -2.25. The van der Waals surface area contributed by atoms with E-state index >= 15 is 0 Å². The molecule has 1 aliphatic heterocycles. The summed E-state index contributed by atoms with van der Waals surface area (Å²) in [6.07, 6.45) is 7.10. The van der Waals surface area contributed by atoms with Gasteiger partial charge >= 0.3 is 0 Å². The Hall–Kier alpha value is -1.93. The zero-order valence-corrected chi connectivity index (χ0v) is 14.5. The Bertz CT molecular complexity index is 700. The summed E-state index contributed by atoms with van der Waals surface area (Å²) in [5.41, 5.74) is 1.80. The molecule has 4 heteroatoms. The van der Waals surface area contributed by atoms with Crippen LogP contribution in [0.2, 0.25) is 0 Å². The van der Waals surface area contributed by atoms with Gasteiger partial charge in [-0.25, -0.2) is 0 Å². The number of likely N-dealkylation sites (tertiary alicyclic amines) is 1. The molecule has 3 rings (SSSR count). The zero-order chi connectivity index (χ0) is 16.8. The van der Waals surface area contributed by atoms with Gasteiger partial charge < -0.3 is 5.11 Å². The molecule has 24 heavy (non-hydrogen) atoms. The molecule has 3 nitrogen and oxygen atoms in total. The fraction of sp³-hybridized carbons (Fsp3) is 0.350. The van der Waals surface area contributed by atoms with Gasteiger partial charge in [0.1, 0.15) is 0 Å². The Morgan fingerprint density at radius 1 is 1.33 bits per heavy atom. The first-order valence-corrected chi connectivity index (χ1v) is 9.26. The van der Waals surface area contributed by atoms with Crippen LogP contribution in [0, 0.1) is 11.3 Å². The maximum Gasteiger partial charge on any atom is 0.0991 e. The number of aliphatic hydroxyl groups excluding tert-OH is 1. The Labute approximate surface area is 147 Å². The van der Waals surface area contributed by atoms with E-state index in [4.69, 9.17) is 5.26 Å².